The van der Waals surface area contributed by atoms with Gasteiger partial charge < -0.3 is 4.74 Å². The van der Waals surface area contributed by atoms with Gasteiger partial charge in [0.2, 0.25) is 0 Å². The molecule has 0 aliphatic heterocycles. The highest BCUT2D eigenvalue weighted by atomic mass is 35.5. The van der Waals surface area contributed by atoms with Crippen LogP contribution in [0, 0.1) is 35.4 Å². The van der Waals surface area contributed by atoms with E-state index in [1.807, 2.05) is 6.07 Å². The fourth-order valence-electron chi connectivity index (χ4n) is 7.13. The van der Waals surface area contributed by atoms with Crippen LogP contribution in [0.25, 0.3) is 5.57 Å². The molecule has 194 valence electrons. The molecular weight excluding hydrogens is 455 g/mol. The fraction of sp³-hybridized carbons (Fsp3) is 0.688. The SMILES string of the molecule is C=CCCC1CCC(C2CCC(C3CC=C(c4ccc(OCCCC)c(F)c4Cl)CC3)CC2)CC1. The average Bonchev–Trinajstić information content (AvgIpc) is 2.91. The summed E-state index contributed by atoms with van der Waals surface area (Å²) in [6, 6.07) is 3.71. The number of halogens is 2. The zero-order valence-electron chi connectivity index (χ0n) is 21.9. The maximum Gasteiger partial charge on any atom is 0.184 e. The molecule has 2 fully saturated rings. The summed E-state index contributed by atoms with van der Waals surface area (Å²) in [6.45, 7) is 6.52. The molecule has 0 saturated heterocycles. The largest absolute Gasteiger partial charge is 0.490 e. The summed E-state index contributed by atoms with van der Waals surface area (Å²) < 4.78 is 20.4. The van der Waals surface area contributed by atoms with Gasteiger partial charge in [-0.15, -0.1) is 6.58 Å². The van der Waals surface area contributed by atoms with Crippen LogP contribution in [0.15, 0.2) is 30.9 Å². The Morgan fingerprint density at radius 1 is 0.971 bits per heavy atom. The van der Waals surface area contributed by atoms with E-state index in [-0.39, 0.29) is 10.8 Å². The summed E-state index contributed by atoms with van der Waals surface area (Å²) in [6.07, 6.45) is 23.8. The molecule has 0 radical (unpaired) electrons. The van der Waals surface area contributed by atoms with Crippen LogP contribution in [0.3, 0.4) is 0 Å². The summed E-state index contributed by atoms with van der Waals surface area (Å²) in [5.41, 5.74) is 2.07. The molecule has 0 bridgehead atoms. The Hall–Kier alpha value is -1.28. The van der Waals surface area contributed by atoms with Crippen LogP contribution in [-0.2, 0) is 0 Å². The quantitative estimate of drug-likeness (QED) is 0.229. The Balaban J connectivity index is 1.25. The van der Waals surface area contributed by atoms with Crippen molar-refractivity contribution in [1.82, 2.24) is 0 Å². The van der Waals surface area contributed by atoms with E-state index in [0.717, 1.165) is 60.8 Å². The van der Waals surface area contributed by atoms with Gasteiger partial charge in [0.25, 0.3) is 0 Å². The standard InChI is InChI=1S/C32H46ClFO/c1-3-5-7-23-8-10-24(11-9-23)25-12-14-26(15-13-25)27-16-18-28(19-17-27)29-20-21-30(32(34)31(29)33)35-22-6-4-2/h3,18,20-21,23-27H,1,4-17,19,22H2,2H3. The minimum atomic E-state index is -0.406. The third kappa shape index (κ3) is 6.94. The number of allylic oxidation sites excluding steroid dienone is 3. The van der Waals surface area contributed by atoms with Gasteiger partial charge in [-0.3, -0.25) is 0 Å². The van der Waals surface area contributed by atoms with Crippen molar-refractivity contribution in [2.45, 2.75) is 103 Å². The van der Waals surface area contributed by atoms with E-state index in [9.17, 15) is 4.39 Å². The predicted octanol–water partition coefficient (Wildman–Crippen LogP) is 10.4. The number of rotatable bonds is 10. The molecule has 3 aliphatic rings. The van der Waals surface area contributed by atoms with Crippen molar-refractivity contribution < 1.29 is 9.13 Å². The second-order valence-corrected chi connectivity index (χ2v) is 11.9. The van der Waals surface area contributed by atoms with Gasteiger partial charge in [0.05, 0.1) is 11.6 Å². The normalized spacial score (nSPS) is 29.5. The maximum absolute atomic E-state index is 14.8. The van der Waals surface area contributed by atoms with E-state index in [0.29, 0.717) is 6.61 Å². The van der Waals surface area contributed by atoms with Crippen molar-refractivity contribution in [3.05, 3.63) is 47.3 Å². The zero-order valence-corrected chi connectivity index (χ0v) is 22.6. The smallest absolute Gasteiger partial charge is 0.184 e. The summed E-state index contributed by atoms with van der Waals surface area (Å²) in [5, 5.41) is 0.225. The first kappa shape index (κ1) is 26.8. The van der Waals surface area contributed by atoms with Gasteiger partial charge in [0.1, 0.15) is 0 Å². The Bertz CT molecular complexity index is 845. The Morgan fingerprint density at radius 3 is 2.23 bits per heavy atom. The molecule has 0 N–H and O–H groups in total. The van der Waals surface area contributed by atoms with Crippen molar-refractivity contribution in [2.24, 2.45) is 29.6 Å². The highest BCUT2D eigenvalue weighted by molar-refractivity contribution is 6.32. The van der Waals surface area contributed by atoms with E-state index >= 15 is 0 Å². The minimum absolute atomic E-state index is 0.225. The number of ether oxygens (including phenoxy) is 1. The molecule has 0 heterocycles. The molecule has 4 rings (SSSR count). The summed E-state index contributed by atoms with van der Waals surface area (Å²) in [4.78, 5) is 0. The Labute approximate surface area is 218 Å². The molecule has 1 aromatic carbocycles. The predicted molar refractivity (Wildman–Crippen MR) is 147 cm³/mol. The number of unbranched alkanes of at least 4 members (excludes halogenated alkanes) is 1. The number of benzene rings is 1. The van der Waals surface area contributed by atoms with E-state index in [2.05, 4.69) is 25.7 Å². The lowest BCUT2D eigenvalue weighted by molar-refractivity contribution is 0.121. The fourth-order valence-corrected chi connectivity index (χ4v) is 7.41. The highest BCUT2D eigenvalue weighted by Crippen LogP contribution is 2.46. The first-order chi connectivity index (χ1) is 17.1. The monoisotopic (exact) mass is 500 g/mol. The summed E-state index contributed by atoms with van der Waals surface area (Å²) >= 11 is 6.45. The average molecular weight is 501 g/mol. The van der Waals surface area contributed by atoms with Crippen LogP contribution in [0.1, 0.15) is 109 Å². The van der Waals surface area contributed by atoms with E-state index < -0.39 is 5.82 Å². The first-order valence-electron chi connectivity index (χ1n) is 14.5. The highest BCUT2D eigenvalue weighted by Gasteiger charge is 2.33. The van der Waals surface area contributed by atoms with Crippen molar-refractivity contribution >= 4 is 17.2 Å². The van der Waals surface area contributed by atoms with Gasteiger partial charge in [-0.05, 0) is 130 Å². The topological polar surface area (TPSA) is 9.23 Å². The van der Waals surface area contributed by atoms with E-state index in [1.54, 1.807) is 6.07 Å². The molecule has 0 amide bonds. The molecule has 1 atom stereocenters. The van der Waals surface area contributed by atoms with Gasteiger partial charge >= 0.3 is 0 Å². The third-order valence-corrected chi connectivity index (χ3v) is 9.79. The zero-order chi connectivity index (χ0) is 24.6. The Morgan fingerprint density at radius 2 is 1.63 bits per heavy atom. The molecule has 1 nitrogen and oxygen atoms in total. The van der Waals surface area contributed by atoms with Crippen molar-refractivity contribution in [2.75, 3.05) is 6.61 Å². The molecular formula is C32H46ClFO. The van der Waals surface area contributed by atoms with Crippen LogP contribution < -0.4 is 4.74 Å². The third-order valence-electron chi connectivity index (χ3n) is 9.42. The van der Waals surface area contributed by atoms with Crippen LogP contribution in [0.5, 0.6) is 5.75 Å². The van der Waals surface area contributed by atoms with Crippen LogP contribution in [0.4, 0.5) is 4.39 Å². The van der Waals surface area contributed by atoms with E-state index in [1.165, 1.54) is 76.2 Å². The van der Waals surface area contributed by atoms with Crippen LogP contribution >= 0.6 is 11.6 Å². The second kappa shape index (κ2) is 13.3. The molecule has 1 aromatic rings. The molecule has 3 heteroatoms. The van der Waals surface area contributed by atoms with Crippen molar-refractivity contribution in [3.63, 3.8) is 0 Å². The summed E-state index contributed by atoms with van der Waals surface area (Å²) in [5.74, 6) is 4.44. The van der Waals surface area contributed by atoms with Gasteiger partial charge in [0, 0.05) is 0 Å². The van der Waals surface area contributed by atoms with Crippen LogP contribution in [-0.4, -0.2) is 6.61 Å². The maximum atomic E-state index is 14.8. The number of hydrogen-bond donors (Lipinski definition) is 0. The molecule has 0 spiro atoms. The summed E-state index contributed by atoms with van der Waals surface area (Å²) in [7, 11) is 0. The van der Waals surface area contributed by atoms with Gasteiger partial charge in [-0.2, -0.15) is 0 Å². The van der Waals surface area contributed by atoms with Gasteiger partial charge in [-0.1, -0.05) is 49.9 Å². The van der Waals surface area contributed by atoms with E-state index in [4.69, 9.17) is 16.3 Å². The lowest BCUT2D eigenvalue weighted by Crippen LogP contribution is -2.28. The molecule has 35 heavy (non-hydrogen) atoms. The minimum Gasteiger partial charge on any atom is -0.490 e. The molecule has 2 saturated carbocycles. The lowest BCUT2D eigenvalue weighted by atomic mass is 9.65. The molecule has 0 aromatic heterocycles. The van der Waals surface area contributed by atoms with Crippen molar-refractivity contribution in [1.29, 1.82) is 0 Å². The van der Waals surface area contributed by atoms with Gasteiger partial charge in [0.15, 0.2) is 11.6 Å². The van der Waals surface area contributed by atoms with Crippen molar-refractivity contribution in [3.8, 4) is 5.75 Å². The molecule has 1 unspecified atom stereocenters. The second-order valence-electron chi connectivity index (χ2n) is 11.5. The Kier molecular flexibility index (Phi) is 10.2. The number of hydrogen-bond acceptors (Lipinski definition) is 1. The lowest BCUT2D eigenvalue weighted by Gasteiger charge is -2.40. The molecule has 3 aliphatic carbocycles. The first-order valence-corrected chi connectivity index (χ1v) is 14.9. The van der Waals surface area contributed by atoms with Gasteiger partial charge in [-0.25, -0.2) is 4.39 Å². The van der Waals surface area contributed by atoms with Crippen LogP contribution in [0.2, 0.25) is 5.02 Å².